The minimum Gasteiger partial charge on any atom is -0.378 e. The molecule has 9 heteroatoms. The number of carbonyl (C=O) groups excluding carboxylic acids is 1. The normalized spacial score (nSPS) is 14.7. The molecule has 0 radical (unpaired) electrons. The van der Waals surface area contributed by atoms with Crippen LogP contribution in [0.5, 0.6) is 0 Å². The number of halogens is 1. The van der Waals surface area contributed by atoms with Crippen molar-refractivity contribution in [2.45, 2.75) is 5.16 Å². The predicted molar refractivity (Wildman–Crippen MR) is 102 cm³/mol. The molecule has 0 aliphatic carbocycles. The maximum absolute atomic E-state index is 12.3. The SMILES string of the molecule is O=C(CSc1nnc2ccc(-c3ccc(Br)cc3)nn12)N1CCOCC1. The van der Waals surface area contributed by atoms with Crippen LogP contribution in [0, 0.1) is 0 Å². The summed E-state index contributed by atoms with van der Waals surface area (Å²) >= 11 is 4.79. The van der Waals surface area contributed by atoms with E-state index in [0.717, 1.165) is 15.7 Å². The van der Waals surface area contributed by atoms with E-state index in [0.29, 0.717) is 42.9 Å². The summed E-state index contributed by atoms with van der Waals surface area (Å²) in [6, 6.07) is 11.7. The number of thioether (sulfide) groups is 1. The zero-order chi connectivity index (χ0) is 17.9. The van der Waals surface area contributed by atoms with Gasteiger partial charge in [0, 0.05) is 23.1 Å². The number of hydrogen-bond acceptors (Lipinski definition) is 6. The fourth-order valence-electron chi connectivity index (χ4n) is 2.66. The Kier molecular flexibility index (Phi) is 5.18. The van der Waals surface area contributed by atoms with E-state index in [2.05, 4.69) is 31.2 Å². The average Bonchev–Trinajstić information content (AvgIpc) is 3.09. The molecule has 7 nitrogen and oxygen atoms in total. The van der Waals surface area contributed by atoms with Crippen molar-refractivity contribution in [3.8, 4) is 11.3 Å². The molecule has 26 heavy (non-hydrogen) atoms. The van der Waals surface area contributed by atoms with Crippen LogP contribution < -0.4 is 0 Å². The summed E-state index contributed by atoms with van der Waals surface area (Å²) in [7, 11) is 0. The van der Waals surface area contributed by atoms with Crippen LogP contribution in [0.15, 0.2) is 46.0 Å². The van der Waals surface area contributed by atoms with Crippen molar-refractivity contribution in [1.82, 2.24) is 24.7 Å². The number of hydrogen-bond donors (Lipinski definition) is 0. The molecule has 1 aromatic carbocycles. The van der Waals surface area contributed by atoms with E-state index < -0.39 is 0 Å². The molecular formula is C17H16BrN5O2S. The zero-order valence-electron chi connectivity index (χ0n) is 13.8. The largest absolute Gasteiger partial charge is 0.378 e. The molecule has 4 rings (SSSR count). The summed E-state index contributed by atoms with van der Waals surface area (Å²) in [6.45, 7) is 2.49. The highest BCUT2D eigenvalue weighted by Crippen LogP contribution is 2.22. The standard InChI is InChI=1S/C17H16BrN5O2S/c18-13-3-1-12(2-4-13)14-5-6-15-19-20-17(23(15)21-14)26-11-16(24)22-7-9-25-10-8-22/h1-6H,7-11H2. The molecule has 0 atom stereocenters. The Morgan fingerprint density at radius 1 is 1.12 bits per heavy atom. The number of ether oxygens (including phenoxy) is 1. The number of rotatable bonds is 4. The minimum absolute atomic E-state index is 0.0825. The second-order valence-electron chi connectivity index (χ2n) is 5.76. The van der Waals surface area contributed by atoms with Crippen molar-refractivity contribution in [2.75, 3.05) is 32.1 Å². The number of carbonyl (C=O) groups is 1. The molecule has 0 unspecified atom stereocenters. The van der Waals surface area contributed by atoms with Crippen LogP contribution in [0.3, 0.4) is 0 Å². The molecule has 0 saturated carbocycles. The molecule has 3 heterocycles. The topological polar surface area (TPSA) is 72.6 Å². The number of fused-ring (bicyclic) bond motifs is 1. The Morgan fingerprint density at radius 3 is 2.65 bits per heavy atom. The number of amides is 1. The van der Waals surface area contributed by atoms with Crippen molar-refractivity contribution in [3.63, 3.8) is 0 Å². The van der Waals surface area contributed by atoms with Crippen LogP contribution in [-0.2, 0) is 9.53 Å². The quantitative estimate of drug-likeness (QED) is 0.588. The lowest BCUT2D eigenvalue weighted by Crippen LogP contribution is -2.41. The molecule has 0 bridgehead atoms. The van der Waals surface area contributed by atoms with Gasteiger partial charge < -0.3 is 9.64 Å². The van der Waals surface area contributed by atoms with Gasteiger partial charge >= 0.3 is 0 Å². The number of benzene rings is 1. The summed E-state index contributed by atoms with van der Waals surface area (Å²) in [4.78, 5) is 14.1. The van der Waals surface area contributed by atoms with E-state index in [1.807, 2.05) is 41.3 Å². The van der Waals surface area contributed by atoms with Crippen LogP contribution in [0.2, 0.25) is 0 Å². The third-order valence-corrected chi connectivity index (χ3v) is 5.50. The molecule has 1 fully saturated rings. The van der Waals surface area contributed by atoms with E-state index in [-0.39, 0.29) is 5.91 Å². The highest BCUT2D eigenvalue weighted by Gasteiger charge is 2.18. The Labute approximate surface area is 162 Å². The van der Waals surface area contributed by atoms with Gasteiger partial charge in [-0.05, 0) is 24.3 Å². The first-order valence-electron chi connectivity index (χ1n) is 8.17. The van der Waals surface area contributed by atoms with Gasteiger partial charge in [-0.2, -0.15) is 9.61 Å². The van der Waals surface area contributed by atoms with Crippen molar-refractivity contribution in [2.24, 2.45) is 0 Å². The summed E-state index contributed by atoms with van der Waals surface area (Å²) in [5, 5.41) is 13.6. The van der Waals surface area contributed by atoms with Crippen LogP contribution >= 0.6 is 27.7 Å². The average molecular weight is 434 g/mol. The molecule has 1 aliphatic rings. The Morgan fingerprint density at radius 2 is 1.88 bits per heavy atom. The van der Waals surface area contributed by atoms with Crippen molar-refractivity contribution >= 4 is 39.2 Å². The number of aromatic nitrogens is 4. The summed E-state index contributed by atoms with van der Waals surface area (Å²) < 4.78 is 7.99. The highest BCUT2D eigenvalue weighted by atomic mass is 79.9. The summed E-state index contributed by atoms with van der Waals surface area (Å²) in [5.41, 5.74) is 2.49. The maximum Gasteiger partial charge on any atom is 0.233 e. The van der Waals surface area contributed by atoms with Gasteiger partial charge in [0.15, 0.2) is 5.65 Å². The third-order valence-electron chi connectivity index (χ3n) is 4.06. The molecule has 0 spiro atoms. The Bertz CT molecular complexity index is 925. The molecule has 1 saturated heterocycles. The van der Waals surface area contributed by atoms with Crippen molar-refractivity contribution in [1.29, 1.82) is 0 Å². The minimum atomic E-state index is 0.0825. The smallest absolute Gasteiger partial charge is 0.233 e. The Hall–Kier alpha value is -1.97. The van der Waals surface area contributed by atoms with E-state index in [9.17, 15) is 4.79 Å². The molecule has 0 N–H and O–H groups in total. The van der Waals surface area contributed by atoms with E-state index in [1.54, 1.807) is 4.52 Å². The van der Waals surface area contributed by atoms with Crippen LogP contribution in [0.25, 0.3) is 16.9 Å². The predicted octanol–water partition coefficient (Wildman–Crippen LogP) is 2.50. The Balaban J connectivity index is 1.53. The number of morpholine rings is 1. The zero-order valence-corrected chi connectivity index (χ0v) is 16.2. The second-order valence-corrected chi connectivity index (χ2v) is 7.62. The lowest BCUT2D eigenvalue weighted by atomic mass is 10.1. The van der Waals surface area contributed by atoms with Gasteiger partial charge in [-0.3, -0.25) is 4.79 Å². The lowest BCUT2D eigenvalue weighted by Gasteiger charge is -2.26. The van der Waals surface area contributed by atoms with E-state index in [4.69, 9.17) is 4.74 Å². The van der Waals surface area contributed by atoms with Gasteiger partial charge in [0.2, 0.25) is 11.1 Å². The fourth-order valence-corrected chi connectivity index (χ4v) is 3.72. The molecule has 3 aromatic rings. The summed E-state index contributed by atoms with van der Waals surface area (Å²) in [5.74, 6) is 0.393. The third kappa shape index (κ3) is 3.74. The molecule has 1 amide bonds. The molecule has 2 aromatic heterocycles. The monoisotopic (exact) mass is 433 g/mol. The molecule has 134 valence electrons. The van der Waals surface area contributed by atoms with Crippen LogP contribution in [0.4, 0.5) is 0 Å². The van der Waals surface area contributed by atoms with E-state index in [1.165, 1.54) is 11.8 Å². The highest BCUT2D eigenvalue weighted by molar-refractivity contribution is 9.10. The number of nitrogens with zero attached hydrogens (tertiary/aromatic N) is 5. The van der Waals surface area contributed by atoms with Crippen molar-refractivity contribution < 1.29 is 9.53 Å². The molecule has 1 aliphatic heterocycles. The maximum atomic E-state index is 12.3. The van der Waals surface area contributed by atoms with Gasteiger partial charge in [-0.1, -0.05) is 39.8 Å². The van der Waals surface area contributed by atoms with Crippen LogP contribution in [-0.4, -0.2) is 62.7 Å². The van der Waals surface area contributed by atoms with Crippen molar-refractivity contribution in [3.05, 3.63) is 40.9 Å². The molecular weight excluding hydrogens is 418 g/mol. The first kappa shape index (κ1) is 17.4. The second kappa shape index (κ2) is 7.73. The van der Waals surface area contributed by atoms with Gasteiger partial charge in [0.05, 0.1) is 24.7 Å². The van der Waals surface area contributed by atoms with Gasteiger partial charge in [-0.25, -0.2) is 0 Å². The van der Waals surface area contributed by atoms with Gasteiger partial charge in [-0.15, -0.1) is 10.2 Å². The van der Waals surface area contributed by atoms with Gasteiger partial charge in [0.1, 0.15) is 0 Å². The van der Waals surface area contributed by atoms with E-state index >= 15 is 0 Å². The summed E-state index contributed by atoms with van der Waals surface area (Å²) in [6.07, 6.45) is 0. The first-order chi connectivity index (χ1) is 12.7. The van der Waals surface area contributed by atoms with Gasteiger partial charge in [0.25, 0.3) is 0 Å². The first-order valence-corrected chi connectivity index (χ1v) is 9.95. The fraction of sp³-hybridized carbons (Fsp3) is 0.294. The lowest BCUT2D eigenvalue weighted by molar-refractivity contribution is -0.132. The van der Waals surface area contributed by atoms with Crippen LogP contribution in [0.1, 0.15) is 0 Å².